The quantitative estimate of drug-likeness (QED) is 0.574. The summed E-state index contributed by atoms with van der Waals surface area (Å²) in [6, 6.07) is 4.94. The molecule has 0 amide bonds. The largest absolute Gasteiger partial charge is 0.496 e. The molecule has 2 bridgehead atoms. The molecule has 29 heavy (non-hydrogen) atoms. The molecule has 7 nitrogen and oxygen atoms in total. The Hall–Kier alpha value is -2.83. The van der Waals surface area contributed by atoms with Gasteiger partial charge in [0.15, 0.2) is 0 Å². The maximum atomic E-state index is 13.1. The van der Waals surface area contributed by atoms with Crippen LogP contribution in [-0.4, -0.2) is 24.6 Å². The Kier molecular flexibility index (Phi) is 4.09. The molecule has 1 saturated heterocycles. The van der Waals surface area contributed by atoms with Crippen LogP contribution in [0.15, 0.2) is 27.4 Å². The van der Waals surface area contributed by atoms with Gasteiger partial charge < -0.3 is 18.6 Å². The van der Waals surface area contributed by atoms with Gasteiger partial charge in [-0.1, -0.05) is 13.8 Å². The maximum absolute atomic E-state index is 13.1. The molecule has 154 valence electrons. The highest BCUT2D eigenvalue weighted by Gasteiger charge is 2.76. The molecule has 1 saturated carbocycles. The van der Waals surface area contributed by atoms with E-state index in [4.69, 9.17) is 18.6 Å². The number of carbonyl (C=O) groups excluding carboxylic acids is 2. The third-order valence-electron chi connectivity index (χ3n) is 7.16. The first-order valence-electron chi connectivity index (χ1n) is 9.58. The van der Waals surface area contributed by atoms with Crippen LogP contribution in [0.1, 0.15) is 44.7 Å². The van der Waals surface area contributed by atoms with Gasteiger partial charge in [0.25, 0.3) is 0 Å². The van der Waals surface area contributed by atoms with E-state index in [9.17, 15) is 14.4 Å². The normalized spacial score (nSPS) is 27.1. The molecule has 2 aliphatic rings. The van der Waals surface area contributed by atoms with Crippen molar-refractivity contribution < 1.29 is 28.2 Å². The van der Waals surface area contributed by atoms with Crippen LogP contribution in [0, 0.1) is 17.8 Å². The van der Waals surface area contributed by atoms with Crippen molar-refractivity contribution in [3.8, 4) is 5.75 Å². The highest BCUT2D eigenvalue weighted by atomic mass is 16.6. The lowest BCUT2D eigenvalue weighted by Gasteiger charge is -2.34. The monoisotopic (exact) mass is 400 g/mol. The second-order valence-corrected chi connectivity index (χ2v) is 8.62. The summed E-state index contributed by atoms with van der Waals surface area (Å²) in [7, 11) is 1.49. The fourth-order valence-corrected chi connectivity index (χ4v) is 4.71. The van der Waals surface area contributed by atoms with Crippen LogP contribution in [0.3, 0.4) is 0 Å². The molecule has 2 aromatic rings. The molecule has 4 rings (SSSR count). The van der Waals surface area contributed by atoms with E-state index in [2.05, 4.69) is 0 Å². The Morgan fingerprint density at radius 3 is 2.48 bits per heavy atom. The van der Waals surface area contributed by atoms with E-state index in [0.29, 0.717) is 29.7 Å². The predicted molar refractivity (Wildman–Crippen MR) is 104 cm³/mol. The molecule has 1 aromatic carbocycles. The van der Waals surface area contributed by atoms with E-state index < -0.39 is 28.0 Å². The van der Waals surface area contributed by atoms with E-state index >= 15 is 0 Å². The molecule has 2 heterocycles. The average molecular weight is 400 g/mol. The fraction of sp³-hybridized carbons (Fsp3) is 0.500. The summed E-state index contributed by atoms with van der Waals surface area (Å²) in [4.78, 5) is 37.4. The summed E-state index contributed by atoms with van der Waals surface area (Å²) >= 11 is 0. The maximum Gasteiger partial charge on any atom is 0.351 e. The number of fused-ring (bicyclic) bond motifs is 3. The average Bonchev–Trinajstić information content (AvgIpc) is 2.96. The summed E-state index contributed by atoms with van der Waals surface area (Å²) in [5, 5.41) is 0.732. The van der Waals surface area contributed by atoms with Crippen LogP contribution in [0.25, 0.3) is 11.0 Å². The van der Waals surface area contributed by atoms with Crippen molar-refractivity contribution in [2.75, 3.05) is 7.11 Å². The smallest absolute Gasteiger partial charge is 0.351 e. The molecule has 0 unspecified atom stereocenters. The van der Waals surface area contributed by atoms with Crippen molar-refractivity contribution >= 4 is 22.9 Å². The first-order chi connectivity index (χ1) is 13.6. The molecule has 1 aliphatic carbocycles. The van der Waals surface area contributed by atoms with Crippen molar-refractivity contribution in [3.63, 3.8) is 0 Å². The number of rotatable bonds is 4. The molecule has 7 heteroatoms. The molecule has 0 spiro atoms. The number of benzene rings is 1. The molecular weight excluding hydrogens is 376 g/mol. The number of hydrogen-bond donors (Lipinski definition) is 0. The SMILES string of the molecule is COc1ccc2c(C)cc(=O)oc2c1COC(=O)[C@@]12CC[C@@](C)(C(=O)O1)C2(C)C. The van der Waals surface area contributed by atoms with E-state index in [1.807, 2.05) is 20.8 Å². The van der Waals surface area contributed by atoms with Crippen molar-refractivity contribution in [2.24, 2.45) is 10.8 Å². The second kappa shape index (κ2) is 6.08. The van der Waals surface area contributed by atoms with Gasteiger partial charge in [-0.3, -0.25) is 4.79 Å². The zero-order valence-electron chi connectivity index (χ0n) is 17.2. The van der Waals surface area contributed by atoms with Gasteiger partial charge in [-0.2, -0.15) is 0 Å². The van der Waals surface area contributed by atoms with Gasteiger partial charge in [0.2, 0.25) is 5.60 Å². The Labute approximate surface area is 167 Å². The van der Waals surface area contributed by atoms with Gasteiger partial charge in [0.05, 0.1) is 18.1 Å². The zero-order valence-corrected chi connectivity index (χ0v) is 17.2. The second-order valence-electron chi connectivity index (χ2n) is 8.62. The summed E-state index contributed by atoms with van der Waals surface area (Å²) in [5.41, 5.74) is -1.69. The minimum atomic E-state index is -1.31. The Balaban J connectivity index is 1.70. The lowest BCUT2D eigenvalue weighted by Crippen LogP contribution is -2.48. The molecule has 0 radical (unpaired) electrons. The van der Waals surface area contributed by atoms with E-state index in [-0.39, 0.29) is 12.6 Å². The van der Waals surface area contributed by atoms with Gasteiger partial charge in [0, 0.05) is 16.9 Å². The fourth-order valence-electron chi connectivity index (χ4n) is 4.71. The Morgan fingerprint density at radius 2 is 1.90 bits per heavy atom. The third-order valence-corrected chi connectivity index (χ3v) is 7.16. The van der Waals surface area contributed by atoms with Crippen LogP contribution < -0.4 is 10.4 Å². The van der Waals surface area contributed by atoms with Crippen LogP contribution in [0.4, 0.5) is 0 Å². The molecule has 2 fully saturated rings. The highest BCUT2D eigenvalue weighted by molar-refractivity contribution is 5.94. The van der Waals surface area contributed by atoms with Crippen LogP contribution in [-0.2, 0) is 25.7 Å². The van der Waals surface area contributed by atoms with Crippen molar-refractivity contribution in [3.05, 3.63) is 39.7 Å². The number of ether oxygens (including phenoxy) is 3. The zero-order chi connectivity index (χ0) is 21.2. The minimum absolute atomic E-state index is 0.169. The first-order valence-corrected chi connectivity index (χ1v) is 9.58. The molecule has 1 aromatic heterocycles. The number of aryl methyl sites for hydroxylation is 1. The lowest BCUT2D eigenvalue weighted by atomic mass is 9.66. The highest BCUT2D eigenvalue weighted by Crippen LogP contribution is 2.65. The lowest BCUT2D eigenvalue weighted by molar-refractivity contribution is -0.184. The predicted octanol–water partition coefficient (Wildman–Crippen LogP) is 3.28. The van der Waals surface area contributed by atoms with Crippen molar-refractivity contribution in [2.45, 2.75) is 52.7 Å². The molecule has 0 N–H and O–H groups in total. The van der Waals surface area contributed by atoms with Crippen LogP contribution in [0.2, 0.25) is 0 Å². The number of carbonyl (C=O) groups is 2. The summed E-state index contributed by atoms with van der Waals surface area (Å²) in [5.74, 6) is -0.517. The van der Waals surface area contributed by atoms with E-state index in [1.165, 1.54) is 13.2 Å². The van der Waals surface area contributed by atoms with Crippen molar-refractivity contribution in [1.82, 2.24) is 0 Å². The molecule has 2 atom stereocenters. The van der Waals surface area contributed by atoms with Crippen LogP contribution in [0.5, 0.6) is 5.75 Å². The van der Waals surface area contributed by atoms with Gasteiger partial charge in [-0.25, -0.2) is 9.59 Å². The van der Waals surface area contributed by atoms with E-state index in [1.54, 1.807) is 19.1 Å². The number of hydrogen-bond acceptors (Lipinski definition) is 7. The standard InChI is InChI=1S/C22H24O7/c1-12-10-16(23)28-17-13(12)6-7-15(26-5)14(17)11-27-19(25)22-9-8-21(4,18(24)29-22)20(22,2)3/h6-7,10H,8-9,11H2,1-5H3/t21-,22+/m0/s1. The molecule has 1 aliphatic heterocycles. The van der Waals surface area contributed by atoms with E-state index in [0.717, 1.165) is 10.9 Å². The summed E-state index contributed by atoms with van der Waals surface area (Å²) < 4.78 is 22.0. The third kappa shape index (κ3) is 2.39. The van der Waals surface area contributed by atoms with Crippen LogP contribution >= 0.6 is 0 Å². The number of methoxy groups -OCH3 is 1. The Bertz CT molecular complexity index is 1100. The Morgan fingerprint density at radius 1 is 1.17 bits per heavy atom. The molecular formula is C22H24O7. The van der Waals surface area contributed by atoms with Gasteiger partial charge in [-0.15, -0.1) is 0 Å². The van der Waals surface area contributed by atoms with Gasteiger partial charge >= 0.3 is 17.6 Å². The number of esters is 2. The van der Waals surface area contributed by atoms with Gasteiger partial charge in [0.1, 0.15) is 17.9 Å². The minimum Gasteiger partial charge on any atom is -0.496 e. The van der Waals surface area contributed by atoms with Gasteiger partial charge in [-0.05, 0) is 44.4 Å². The summed E-state index contributed by atoms with van der Waals surface area (Å²) in [6.45, 7) is 7.21. The summed E-state index contributed by atoms with van der Waals surface area (Å²) in [6.07, 6.45) is 0.988. The topological polar surface area (TPSA) is 92.0 Å². The first kappa shape index (κ1) is 19.5. The van der Waals surface area contributed by atoms with Crippen molar-refractivity contribution in [1.29, 1.82) is 0 Å².